The largest absolute Gasteiger partial charge is 0.491 e. The van der Waals surface area contributed by atoms with Crippen molar-refractivity contribution in [2.45, 2.75) is 45.6 Å². The quantitative estimate of drug-likeness (QED) is 0.822. The van der Waals surface area contributed by atoms with Crippen LogP contribution in [0.25, 0.3) is 0 Å². The van der Waals surface area contributed by atoms with E-state index in [1.54, 1.807) is 0 Å². The summed E-state index contributed by atoms with van der Waals surface area (Å²) in [6.45, 7) is 8.35. The molecule has 1 unspecified atom stereocenters. The van der Waals surface area contributed by atoms with Gasteiger partial charge in [0.25, 0.3) is 0 Å². The van der Waals surface area contributed by atoms with Crippen LogP contribution in [0.2, 0.25) is 0 Å². The number of piperidine rings is 1. The number of likely N-dealkylation sites (tertiary alicyclic amines) is 2. The molecule has 25 heavy (non-hydrogen) atoms. The topological polar surface area (TPSA) is 32.8 Å². The Bertz CT molecular complexity index is 562. The van der Waals surface area contributed by atoms with Crippen LogP contribution >= 0.6 is 0 Å². The summed E-state index contributed by atoms with van der Waals surface area (Å²) < 4.78 is 5.66. The Morgan fingerprint density at radius 3 is 2.36 bits per heavy atom. The molecule has 4 nitrogen and oxygen atoms in total. The van der Waals surface area contributed by atoms with Crippen molar-refractivity contribution in [1.29, 1.82) is 0 Å². The number of amides is 1. The molecule has 2 saturated heterocycles. The predicted octanol–water partition coefficient (Wildman–Crippen LogP) is 3.21. The molecular weight excluding hydrogens is 312 g/mol. The predicted molar refractivity (Wildman–Crippen MR) is 101 cm³/mol. The number of carbonyl (C=O) groups excluding carboxylic acids is 1. The third kappa shape index (κ3) is 4.97. The number of hydrogen-bond acceptors (Lipinski definition) is 3. The summed E-state index contributed by atoms with van der Waals surface area (Å²) in [6.07, 6.45) is 4.44. The van der Waals surface area contributed by atoms with Crippen molar-refractivity contribution >= 4 is 5.91 Å². The van der Waals surface area contributed by atoms with Gasteiger partial charge in [-0.25, -0.2) is 0 Å². The minimum atomic E-state index is 0.175. The van der Waals surface area contributed by atoms with Crippen molar-refractivity contribution in [3.63, 3.8) is 0 Å². The first-order chi connectivity index (χ1) is 12.0. The van der Waals surface area contributed by atoms with Crippen LogP contribution in [0.3, 0.4) is 0 Å². The SMILES string of the molecule is CC(C)Oc1ccc(CC(=O)N2CCC(C3CCN(C)CC3)C2)cc1. The lowest BCUT2D eigenvalue weighted by Crippen LogP contribution is -2.35. The minimum Gasteiger partial charge on any atom is -0.491 e. The highest BCUT2D eigenvalue weighted by Gasteiger charge is 2.33. The Kier molecular flexibility index (Phi) is 6.00. The van der Waals surface area contributed by atoms with Gasteiger partial charge in [0.05, 0.1) is 12.5 Å². The minimum absolute atomic E-state index is 0.175. The second kappa shape index (κ2) is 8.22. The van der Waals surface area contributed by atoms with Crippen molar-refractivity contribution in [2.24, 2.45) is 11.8 Å². The normalized spacial score (nSPS) is 22.6. The van der Waals surface area contributed by atoms with Gasteiger partial charge in [0.15, 0.2) is 0 Å². The summed E-state index contributed by atoms with van der Waals surface area (Å²) in [6, 6.07) is 7.96. The highest BCUT2D eigenvalue weighted by molar-refractivity contribution is 5.79. The molecule has 2 aliphatic heterocycles. The van der Waals surface area contributed by atoms with Gasteiger partial charge in [-0.1, -0.05) is 12.1 Å². The van der Waals surface area contributed by atoms with Gasteiger partial charge in [-0.3, -0.25) is 4.79 Å². The molecule has 1 amide bonds. The van der Waals surface area contributed by atoms with E-state index in [1.807, 2.05) is 38.1 Å². The van der Waals surface area contributed by atoms with Gasteiger partial charge in [-0.2, -0.15) is 0 Å². The summed E-state index contributed by atoms with van der Waals surface area (Å²) in [5, 5.41) is 0. The first-order valence-corrected chi connectivity index (χ1v) is 9.73. The van der Waals surface area contributed by atoms with Gasteiger partial charge in [0, 0.05) is 13.1 Å². The summed E-state index contributed by atoms with van der Waals surface area (Å²) in [5.41, 5.74) is 1.07. The number of benzene rings is 1. The molecule has 1 aromatic rings. The van der Waals surface area contributed by atoms with Gasteiger partial charge >= 0.3 is 0 Å². The summed E-state index contributed by atoms with van der Waals surface area (Å²) >= 11 is 0. The van der Waals surface area contributed by atoms with E-state index in [2.05, 4.69) is 16.8 Å². The fourth-order valence-corrected chi connectivity index (χ4v) is 4.14. The summed E-state index contributed by atoms with van der Waals surface area (Å²) in [5.74, 6) is 2.66. The summed E-state index contributed by atoms with van der Waals surface area (Å²) in [4.78, 5) is 17.1. The van der Waals surface area contributed by atoms with E-state index in [-0.39, 0.29) is 12.0 Å². The zero-order valence-electron chi connectivity index (χ0n) is 15.9. The molecule has 2 heterocycles. The van der Waals surface area contributed by atoms with Crippen LogP contribution in [0.5, 0.6) is 5.75 Å². The number of nitrogens with zero attached hydrogens (tertiary/aromatic N) is 2. The van der Waals surface area contributed by atoms with Crippen molar-refractivity contribution < 1.29 is 9.53 Å². The van der Waals surface area contributed by atoms with Gasteiger partial charge in [0.1, 0.15) is 5.75 Å². The molecule has 138 valence electrons. The zero-order chi connectivity index (χ0) is 17.8. The molecule has 0 N–H and O–H groups in total. The monoisotopic (exact) mass is 344 g/mol. The fourth-order valence-electron chi connectivity index (χ4n) is 4.14. The Labute approximate surface area is 152 Å². The van der Waals surface area contributed by atoms with Crippen LogP contribution in [-0.2, 0) is 11.2 Å². The molecule has 0 spiro atoms. The van der Waals surface area contributed by atoms with Crippen molar-refractivity contribution in [2.75, 3.05) is 33.2 Å². The van der Waals surface area contributed by atoms with Crippen LogP contribution in [0, 0.1) is 11.8 Å². The molecule has 2 fully saturated rings. The Morgan fingerprint density at radius 1 is 1.08 bits per heavy atom. The van der Waals surface area contributed by atoms with Gasteiger partial charge in [-0.15, -0.1) is 0 Å². The van der Waals surface area contributed by atoms with Gasteiger partial charge < -0.3 is 14.5 Å². The Balaban J connectivity index is 1.49. The fraction of sp³-hybridized carbons (Fsp3) is 0.667. The first-order valence-electron chi connectivity index (χ1n) is 9.73. The number of rotatable bonds is 5. The first kappa shape index (κ1) is 18.2. The lowest BCUT2D eigenvalue weighted by molar-refractivity contribution is -0.129. The second-order valence-corrected chi connectivity index (χ2v) is 8.02. The van der Waals surface area contributed by atoms with Crippen molar-refractivity contribution in [3.8, 4) is 5.75 Å². The maximum Gasteiger partial charge on any atom is 0.226 e. The van der Waals surface area contributed by atoms with Gasteiger partial charge in [0.2, 0.25) is 5.91 Å². The molecule has 2 aliphatic rings. The standard InChI is InChI=1S/C21H32N2O2/c1-16(2)25-20-6-4-17(5-7-20)14-21(24)23-13-10-19(15-23)18-8-11-22(3)12-9-18/h4-7,16,18-19H,8-15H2,1-3H3. The molecule has 0 radical (unpaired) electrons. The molecule has 4 heteroatoms. The Hall–Kier alpha value is -1.55. The molecule has 1 atom stereocenters. The molecule has 3 rings (SSSR count). The van der Waals surface area contributed by atoms with Crippen LogP contribution in [-0.4, -0.2) is 55.0 Å². The van der Waals surface area contributed by atoms with Crippen LogP contribution in [0.15, 0.2) is 24.3 Å². The molecular formula is C21H32N2O2. The number of carbonyl (C=O) groups is 1. The van der Waals surface area contributed by atoms with E-state index in [1.165, 1.54) is 32.4 Å². The number of hydrogen-bond donors (Lipinski definition) is 0. The van der Waals surface area contributed by atoms with E-state index < -0.39 is 0 Å². The maximum atomic E-state index is 12.6. The third-order valence-corrected chi connectivity index (χ3v) is 5.66. The highest BCUT2D eigenvalue weighted by Crippen LogP contribution is 2.31. The maximum absolute atomic E-state index is 12.6. The lowest BCUT2D eigenvalue weighted by atomic mass is 9.84. The van der Waals surface area contributed by atoms with Crippen LogP contribution < -0.4 is 4.74 Å². The average molecular weight is 344 g/mol. The smallest absolute Gasteiger partial charge is 0.226 e. The Morgan fingerprint density at radius 2 is 1.72 bits per heavy atom. The van der Waals surface area contributed by atoms with E-state index in [0.717, 1.165) is 30.3 Å². The number of ether oxygens (including phenoxy) is 1. The van der Waals surface area contributed by atoms with E-state index >= 15 is 0 Å². The lowest BCUT2D eigenvalue weighted by Gasteiger charge is -2.32. The zero-order valence-corrected chi connectivity index (χ0v) is 15.9. The molecule has 0 aliphatic carbocycles. The van der Waals surface area contributed by atoms with Gasteiger partial charge in [-0.05, 0) is 82.8 Å². The van der Waals surface area contributed by atoms with Crippen LogP contribution in [0.1, 0.15) is 38.7 Å². The molecule has 0 saturated carbocycles. The van der Waals surface area contributed by atoms with Crippen molar-refractivity contribution in [3.05, 3.63) is 29.8 Å². The van der Waals surface area contributed by atoms with E-state index in [4.69, 9.17) is 4.74 Å². The third-order valence-electron chi connectivity index (χ3n) is 5.66. The summed E-state index contributed by atoms with van der Waals surface area (Å²) in [7, 11) is 2.21. The average Bonchev–Trinajstić information content (AvgIpc) is 3.07. The van der Waals surface area contributed by atoms with E-state index in [0.29, 0.717) is 12.3 Å². The molecule has 0 aromatic heterocycles. The highest BCUT2D eigenvalue weighted by atomic mass is 16.5. The second-order valence-electron chi connectivity index (χ2n) is 8.02. The molecule has 1 aromatic carbocycles. The molecule has 0 bridgehead atoms. The van der Waals surface area contributed by atoms with Crippen LogP contribution in [0.4, 0.5) is 0 Å². The van der Waals surface area contributed by atoms with E-state index in [9.17, 15) is 4.79 Å². The van der Waals surface area contributed by atoms with Crippen molar-refractivity contribution in [1.82, 2.24) is 9.80 Å².